The Labute approximate surface area is 120 Å². The molecule has 0 aromatic heterocycles. The predicted molar refractivity (Wildman–Crippen MR) is 84.9 cm³/mol. The molecule has 3 N–H and O–H groups in total. The van der Waals surface area contributed by atoms with Crippen molar-refractivity contribution in [1.82, 2.24) is 5.43 Å². The van der Waals surface area contributed by atoms with Crippen LogP contribution in [0.15, 0.2) is 0 Å². The van der Waals surface area contributed by atoms with Crippen LogP contribution in [0, 0.1) is 5.92 Å². The van der Waals surface area contributed by atoms with Crippen LogP contribution in [0.4, 0.5) is 0 Å². The Morgan fingerprint density at radius 2 is 1.63 bits per heavy atom. The summed E-state index contributed by atoms with van der Waals surface area (Å²) in [7, 11) is 0. The first-order valence-electron chi connectivity index (χ1n) is 8.83. The molecule has 0 spiro atoms. The van der Waals surface area contributed by atoms with Gasteiger partial charge in [-0.25, -0.2) is 0 Å². The molecule has 1 saturated carbocycles. The summed E-state index contributed by atoms with van der Waals surface area (Å²) in [5.74, 6) is 6.70. The highest BCUT2D eigenvalue weighted by Gasteiger charge is 2.15. The first-order chi connectivity index (χ1) is 9.36. The molecule has 2 heteroatoms. The quantitative estimate of drug-likeness (QED) is 0.317. The van der Waals surface area contributed by atoms with Gasteiger partial charge in [-0.15, -0.1) is 0 Å². The minimum atomic E-state index is 0.563. The fourth-order valence-corrected chi connectivity index (χ4v) is 3.39. The van der Waals surface area contributed by atoms with E-state index >= 15 is 0 Å². The van der Waals surface area contributed by atoms with E-state index in [4.69, 9.17) is 5.84 Å². The summed E-state index contributed by atoms with van der Waals surface area (Å²) in [6, 6.07) is 0.563. The third-order valence-corrected chi connectivity index (χ3v) is 4.79. The van der Waals surface area contributed by atoms with Gasteiger partial charge in [0.25, 0.3) is 0 Å². The Bertz CT molecular complexity index is 188. The molecule has 0 aromatic carbocycles. The molecule has 1 aliphatic carbocycles. The second-order valence-electron chi connectivity index (χ2n) is 6.50. The van der Waals surface area contributed by atoms with Crippen LogP contribution in [-0.4, -0.2) is 6.04 Å². The summed E-state index contributed by atoms with van der Waals surface area (Å²) < 4.78 is 0. The number of hydrogen-bond donors (Lipinski definition) is 2. The van der Waals surface area contributed by atoms with Gasteiger partial charge in [-0.2, -0.15) is 0 Å². The molecular weight excluding hydrogens is 232 g/mol. The maximum absolute atomic E-state index is 5.70. The standard InChI is InChI=1S/C17H36N2/c1-2-3-4-5-6-10-13-17(19-18)15-14-16-11-8-7-9-12-16/h16-17,19H,2-15,18H2,1H3. The van der Waals surface area contributed by atoms with Gasteiger partial charge in [0.05, 0.1) is 0 Å². The average molecular weight is 268 g/mol. The summed E-state index contributed by atoms with van der Waals surface area (Å²) in [5, 5.41) is 0. The zero-order valence-corrected chi connectivity index (χ0v) is 13.1. The highest BCUT2D eigenvalue weighted by Crippen LogP contribution is 2.28. The molecule has 1 unspecified atom stereocenters. The van der Waals surface area contributed by atoms with E-state index < -0.39 is 0 Å². The maximum Gasteiger partial charge on any atom is 0.0210 e. The summed E-state index contributed by atoms with van der Waals surface area (Å²) in [5.41, 5.74) is 3.04. The first-order valence-corrected chi connectivity index (χ1v) is 8.83. The Kier molecular flexibility index (Phi) is 10.5. The molecular formula is C17H36N2. The van der Waals surface area contributed by atoms with Gasteiger partial charge in [0.1, 0.15) is 0 Å². The molecule has 0 saturated heterocycles. The lowest BCUT2D eigenvalue weighted by Gasteiger charge is -2.24. The first kappa shape index (κ1) is 17.0. The maximum atomic E-state index is 5.70. The molecule has 1 atom stereocenters. The van der Waals surface area contributed by atoms with E-state index in [2.05, 4.69) is 12.3 Å². The number of hydrazine groups is 1. The van der Waals surface area contributed by atoms with Gasteiger partial charge in [0, 0.05) is 6.04 Å². The van der Waals surface area contributed by atoms with Gasteiger partial charge in [-0.3, -0.25) is 11.3 Å². The van der Waals surface area contributed by atoms with Crippen LogP contribution in [0.2, 0.25) is 0 Å². The monoisotopic (exact) mass is 268 g/mol. The second kappa shape index (κ2) is 11.7. The van der Waals surface area contributed by atoms with Crippen molar-refractivity contribution in [3.05, 3.63) is 0 Å². The smallest absolute Gasteiger partial charge is 0.0210 e. The van der Waals surface area contributed by atoms with Crippen molar-refractivity contribution in [2.24, 2.45) is 11.8 Å². The van der Waals surface area contributed by atoms with E-state index in [-0.39, 0.29) is 0 Å². The average Bonchev–Trinajstić information content (AvgIpc) is 2.47. The number of rotatable bonds is 11. The molecule has 0 radical (unpaired) electrons. The molecule has 1 rings (SSSR count). The van der Waals surface area contributed by atoms with E-state index in [9.17, 15) is 0 Å². The van der Waals surface area contributed by atoms with Gasteiger partial charge in [0.2, 0.25) is 0 Å². The van der Waals surface area contributed by atoms with Crippen LogP contribution >= 0.6 is 0 Å². The van der Waals surface area contributed by atoms with Crippen LogP contribution < -0.4 is 11.3 Å². The fraction of sp³-hybridized carbons (Fsp3) is 1.00. The van der Waals surface area contributed by atoms with Crippen molar-refractivity contribution in [3.8, 4) is 0 Å². The highest BCUT2D eigenvalue weighted by atomic mass is 15.2. The van der Waals surface area contributed by atoms with Crippen LogP contribution in [0.1, 0.15) is 96.8 Å². The molecule has 0 heterocycles. The van der Waals surface area contributed by atoms with Crippen molar-refractivity contribution >= 4 is 0 Å². The summed E-state index contributed by atoms with van der Waals surface area (Å²) in [6.07, 6.45) is 19.6. The van der Waals surface area contributed by atoms with E-state index in [0.717, 1.165) is 5.92 Å². The van der Waals surface area contributed by atoms with Gasteiger partial charge in [0.15, 0.2) is 0 Å². The third-order valence-electron chi connectivity index (χ3n) is 4.79. The van der Waals surface area contributed by atoms with Crippen LogP contribution in [0.5, 0.6) is 0 Å². The number of nitrogens with two attached hydrogens (primary N) is 1. The number of nitrogens with one attached hydrogen (secondary N) is 1. The minimum absolute atomic E-state index is 0.563. The van der Waals surface area contributed by atoms with Crippen LogP contribution in [-0.2, 0) is 0 Å². The van der Waals surface area contributed by atoms with Crippen molar-refractivity contribution in [1.29, 1.82) is 0 Å². The lowest BCUT2D eigenvalue weighted by atomic mass is 9.85. The van der Waals surface area contributed by atoms with Crippen LogP contribution in [0.25, 0.3) is 0 Å². The molecule has 0 bridgehead atoms. The van der Waals surface area contributed by atoms with Crippen LogP contribution in [0.3, 0.4) is 0 Å². The summed E-state index contributed by atoms with van der Waals surface area (Å²) in [6.45, 7) is 2.28. The lowest BCUT2D eigenvalue weighted by Crippen LogP contribution is -2.35. The largest absolute Gasteiger partial charge is 0.271 e. The molecule has 2 nitrogen and oxygen atoms in total. The second-order valence-corrected chi connectivity index (χ2v) is 6.50. The fourth-order valence-electron chi connectivity index (χ4n) is 3.39. The SMILES string of the molecule is CCCCCCCCC(CCC1CCCCC1)NN. The van der Waals surface area contributed by atoms with Crippen molar-refractivity contribution in [2.75, 3.05) is 0 Å². The van der Waals surface area contributed by atoms with E-state index in [1.165, 1.54) is 89.9 Å². The molecule has 114 valence electrons. The minimum Gasteiger partial charge on any atom is -0.271 e. The van der Waals surface area contributed by atoms with Crippen molar-refractivity contribution in [2.45, 2.75) is 103 Å². The van der Waals surface area contributed by atoms with E-state index in [1.54, 1.807) is 0 Å². The third kappa shape index (κ3) is 8.65. The number of unbranched alkanes of at least 4 members (excludes halogenated alkanes) is 5. The van der Waals surface area contributed by atoms with Gasteiger partial charge >= 0.3 is 0 Å². The molecule has 1 aliphatic rings. The normalized spacial score (nSPS) is 18.6. The van der Waals surface area contributed by atoms with E-state index in [0.29, 0.717) is 6.04 Å². The Morgan fingerprint density at radius 1 is 0.947 bits per heavy atom. The summed E-state index contributed by atoms with van der Waals surface area (Å²) >= 11 is 0. The zero-order valence-electron chi connectivity index (χ0n) is 13.1. The Hall–Kier alpha value is -0.0800. The van der Waals surface area contributed by atoms with Gasteiger partial charge in [-0.05, 0) is 25.2 Å². The van der Waals surface area contributed by atoms with Gasteiger partial charge in [-0.1, -0.05) is 77.6 Å². The number of hydrogen-bond acceptors (Lipinski definition) is 2. The molecule has 0 aliphatic heterocycles. The van der Waals surface area contributed by atoms with E-state index in [1.807, 2.05) is 0 Å². The van der Waals surface area contributed by atoms with Crippen molar-refractivity contribution in [3.63, 3.8) is 0 Å². The lowest BCUT2D eigenvalue weighted by molar-refractivity contribution is 0.307. The predicted octanol–water partition coefficient (Wildman–Crippen LogP) is 4.93. The highest BCUT2D eigenvalue weighted by molar-refractivity contribution is 4.70. The summed E-state index contributed by atoms with van der Waals surface area (Å²) in [4.78, 5) is 0. The molecule has 1 fully saturated rings. The molecule has 0 amide bonds. The van der Waals surface area contributed by atoms with Crippen molar-refractivity contribution < 1.29 is 0 Å². The Morgan fingerprint density at radius 3 is 2.32 bits per heavy atom. The molecule has 0 aromatic rings. The molecule has 19 heavy (non-hydrogen) atoms. The Balaban J connectivity index is 1.98. The zero-order chi connectivity index (χ0) is 13.8. The van der Waals surface area contributed by atoms with Gasteiger partial charge < -0.3 is 0 Å². The topological polar surface area (TPSA) is 38.0 Å².